The van der Waals surface area contributed by atoms with Gasteiger partial charge in [0.2, 0.25) is 0 Å². The van der Waals surface area contributed by atoms with Gasteiger partial charge < -0.3 is 15.6 Å². The molecule has 1 aliphatic heterocycles. The number of anilines is 1. The largest absolute Gasteiger partial charge is 0.506 e. The Kier molecular flexibility index (Phi) is 4.44. The standard InChI is InChI=1S/C14H22N2O2/c1-16(10-12-4-2-3-7-18-12)9-11-5-6-14(17)13(15)8-11/h5-6,8,12,17H,2-4,7,9-10,15H2,1H3. The van der Waals surface area contributed by atoms with E-state index < -0.39 is 0 Å². The van der Waals surface area contributed by atoms with Crippen molar-refractivity contribution in [3.8, 4) is 5.75 Å². The van der Waals surface area contributed by atoms with Gasteiger partial charge in [0.15, 0.2) is 0 Å². The Morgan fingerprint density at radius 2 is 2.28 bits per heavy atom. The molecule has 100 valence electrons. The number of phenols is 1. The molecule has 1 aromatic rings. The Labute approximate surface area is 108 Å². The molecule has 3 N–H and O–H groups in total. The van der Waals surface area contributed by atoms with E-state index in [2.05, 4.69) is 11.9 Å². The van der Waals surface area contributed by atoms with Gasteiger partial charge in [0.25, 0.3) is 0 Å². The van der Waals surface area contributed by atoms with Gasteiger partial charge in [-0.25, -0.2) is 0 Å². The third-order valence-corrected chi connectivity index (χ3v) is 3.33. The molecule has 1 aliphatic rings. The first-order valence-electron chi connectivity index (χ1n) is 6.52. The summed E-state index contributed by atoms with van der Waals surface area (Å²) in [6.07, 6.45) is 3.97. The van der Waals surface area contributed by atoms with Crippen molar-refractivity contribution in [1.82, 2.24) is 4.90 Å². The van der Waals surface area contributed by atoms with Crippen molar-refractivity contribution < 1.29 is 9.84 Å². The Hall–Kier alpha value is -1.26. The summed E-state index contributed by atoms with van der Waals surface area (Å²) in [5, 5.41) is 9.38. The number of rotatable bonds is 4. The average Bonchev–Trinajstić information content (AvgIpc) is 2.35. The maximum Gasteiger partial charge on any atom is 0.138 e. The molecule has 18 heavy (non-hydrogen) atoms. The molecule has 1 unspecified atom stereocenters. The van der Waals surface area contributed by atoms with Crippen molar-refractivity contribution in [3.05, 3.63) is 23.8 Å². The van der Waals surface area contributed by atoms with Crippen molar-refractivity contribution in [2.75, 3.05) is 25.9 Å². The summed E-state index contributed by atoms with van der Waals surface area (Å²) >= 11 is 0. The highest BCUT2D eigenvalue weighted by molar-refractivity contribution is 5.53. The van der Waals surface area contributed by atoms with Crippen LogP contribution in [-0.4, -0.2) is 36.3 Å². The number of aromatic hydroxyl groups is 1. The van der Waals surface area contributed by atoms with Crippen LogP contribution in [0.25, 0.3) is 0 Å². The summed E-state index contributed by atoms with van der Waals surface area (Å²) in [5.74, 6) is 0.150. The van der Waals surface area contributed by atoms with Crippen molar-refractivity contribution in [3.63, 3.8) is 0 Å². The number of hydrogen-bond donors (Lipinski definition) is 2. The molecule has 0 spiro atoms. The molecule has 4 nitrogen and oxygen atoms in total. The minimum atomic E-state index is 0.150. The molecule has 4 heteroatoms. The smallest absolute Gasteiger partial charge is 0.138 e. The fraction of sp³-hybridized carbons (Fsp3) is 0.571. The number of ether oxygens (including phenoxy) is 1. The van der Waals surface area contributed by atoms with Crippen LogP contribution in [-0.2, 0) is 11.3 Å². The Bertz CT molecular complexity index is 389. The monoisotopic (exact) mass is 250 g/mol. The predicted molar refractivity (Wildman–Crippen MR) is 72.4 cm³/mol. The first kappa shape index (κ1) is 13.2. The normalized spacial score (nSPS) is 20.2. The lowest BCUT2D eigenvalue weighted by Gasteiger charge is -2.27. The Balaban J connectivity index is 1.85. The molecule has 1 heterocycles. The molecule has 0 radical (unpaired) electrons. The summed E-state index contributed by atoms with van der Waals surface area (Å²) in [6, 6.07) is 5.38. The van der Waals surface area contributed by atoms with Crippen LogP contribution in [0.2, 0.25) is 0 Å². The van der Waals surface area contributed by atoms with Crippen LogP contribution in [0.1, 0.15) is 24.8 Å². The number of likely N-dealkylation sites (N-methyl/N-ethyl adjacent to an activating group) is 1. The summed E-state index contributed by atoms with van der Waals surface area (Å²) in [6.45, 7) is 2.66. The van der Waals surface area contributed by atoms with E-state index in [1.54, 1.807) is 6.07 Å². The van der Waals surface area contributed by atoms with Crippen LogP contribution in [0.15, 0.2) is 18.2 Å². The van der Waals surface area contributed by atoms with Gasteiger partial charge >= 0.3 is 0 Å². The zero-order valence-electron chi connectivity index (χ0n) is 10.9. The molecular formula is C14H22N2O2. The van der Waals surface area contributed by atoms with Crippen LogP contribution in [0.4, 0.5) is 5.69 Å². The highest BCUT2D eigenvalue weighted by atomic mass is 16.5. The molecule has 0 amide bonds. The maximum absolute atomic E-state index is 9.38. The van der Waals surface area contributed by atoms with Crippen LogP contribution < -0.4 is 5.73 Å². The number of nitrogens with zero attached hydrogens (tertiary/aromatic N) is 1. The van der Waals surface area contributed by atoms with E-state index in [4.69, 9.17) is 10.5 Å². The zero-order chi connectivity index (χ0) is 13.0. The zero-order valence-corrected chi connectivity index (χ0v) is 10.9. The number of benzene rings is 1. The van der Waals surface area contributed by atoms with Gasteiger partial charge in [-0.3, -0.25) is 4.90 Å². The minimum Gasteiger partial charge on any atom is -0.506 e. The molecule has 1 saturated heterocycles. The van der Waals surface area contributed by atoms with E-state index in [1.165, 1.54) is 12.8 Å². The number of hydrogen-bond acceptors (Lipinski definition) is 4. The molecule has 1 fully saturated rings. The predicted octanol–water partition coefficient (Wildman–Crippen LogP) is 1.98. The van der Waals surface area contributed by atoms with Crippen LogP contribution in [0, 0.1) is 0 Å². The lowest BCUT2D eigenvalue weighted by molar-refractivity contribution is -0.00259. The van der Waals surface area contributed by atoms with E-state index in [0.717, 1.165) is 31.7 Å². The molecule has 0 saturated carbocycles. The van der Waals surface area contributed by atoms with E-state index in [0.29, 0.717) is 11.8 Å². The Morgan fingerprint density at radius 1 is 1.44 bits per heavy atom. The molecule has 0 bridgehead atoms. The van der Waals surface area contributed by atoms with E-state index >= 15 is 0 Å². The summed E-state index contributed by atoms with van der Waals surface area (Å²) in [7, 11) is 2.08. The average molecular weight is 250 g/mol. The van der Waals surface area contributed by atoms with E-state index in [-0.39, 0.29) is 5.75 Å². The van der Waals surface area contributed by atoms with Crippen LogP contribution >= 0.6 is 0 Å². The van der Waals surface area contributed by atoms with Gasteiger partial charge in [-0.2, -0.15) is 0 Å². The van der Waals surface area contributed by atoms with Crippen molar-refractivity contribution in [1.29, 1.82) is 0 Å². The first-order valence-corrected chi connectivity index (χ1v) is 6.52. The summed E-state index contributed by atoms with van der Waals surface area (Å²) < 4.78 is 5.72. The van der Waals surface area contributed by atoms with Gasteiger partial charge in [-0.1, -0.05) is 6.07 Å². The van der Waals surface area contributed by atoms with Gasteiger partial charge in [0.05, 0.1) is 11.8 Å². The molecule has 1 atom stereocenters. The van der Waals surface area contributed by atoms with Crippen LogP contribution in [0.5, 0.6) is 5.75 Å². The Morgan fingerprint density at radius 3 is 2.94 bits per heavy atom. The lowest BCUT2D eigenvalue weighted by Crippen LogP contribution is -2.33. The minimum absolute atomic E-state index is 0.150. The van der Waals surface area contributed by atoms with Crippen LogP contribution in [0.3, 0.4) is 0 Å². The summed E-state index contributed by atoms with van der Waals surface area (Å²) in [4.78, 5) is 2.24. The van der Waals surface area contributed by atoms with Crippen molar-refractivity contribution in [2.45, 2.75) is 31.9 Å². The van der Waals surface area contributed by atoms with Crippen molar-refractivity contribution in [2.24, 2.45) is 0 Å². The highest BCUT2D eigenvalue weighted by Crippen LogP contribution is 2.21. The lowest BCUT2D eigenvalue weighted by atomic mass is 10.1. The van der Waals surface area contributed by atoms with E-state index in [1.807, 2.05) is 12.1 Å². The number of phenolic OH excluding ortho intramolecular Hbond substituents is 1. The van der Waals surface area contributed by atoms with Gasteiger partial charge in [0, 0.05) is 19.7 Å². The van der Waals surface area contributed by atoms with Gasteiger partial charge in [-0.15, -0.1) is 0 Å². The fourth-order valence-electron chi connectivity index (χ4n) is 2.38. The van der Waals surface area contributed by atoms with E-state index in [9.17, 15) is 5.11 Å². The molecule has 2 rings (SSSR count). The number of nitrogen functional groups attached to an aromatic ring is 1. The van der Waals surface area contributed by atoms with Gasteiger partial charge in [0.1, 0.15) is 5.75 Å². The molecular weight excluding hydrogens is 228 g/mol. The second-order valence-electron chi connectivity index (χ2n) is 5.08. The van der Waals surface area contributed by atoms with Crippen molar-refractivity contribution >= 4 is 5.69 Å². The molecule has 0 aliphatic carbocycles. The quantitative estimate of drug-likeness (QED) is 0.633. The fourth-order valence-corrected chi connectivity index (χ4v) is 2.38. The first-order chi connectivity index (χ1) is 8.65. The topological polar surface area (TPSA) is 58.7 Å². The number of nitrogens with two attached hydrogens (primary N) is 1. The third-order valence-electron chi connectivity index (χ3n) is 3.33. The second-order valence-corrected chi connectivity index (χ2v) is 5.08. The molecule has 1 aromatic carbocycles. The van der Waals surface area contributed by atoms with Gasteiger partial charge in [-0.05, 0) is 44.0 Å². The summed E-state index contributed by atoms with van der Waals surface area (Å²) in [5.41, 5.74) is 7.24. The maximum atomic E-state index is 9.38. The second kappa shape index (κ2) is 6.07. The highest BCUT2D eigenvalue weighted by Gasteiger charge is 2.15. The SMILES string of the molecule is CN(Cc1ccc(O)c(N)c1)CC1CCCCO1. The molecule has 0 aromatic heterocycles. The third kappa shape index (κ3) is 3.62.